The van der Waals surface area contributed by atoms with Gasteiger partial charge in [0.15, 0.2) is 0 Å². The van der Waals surface area contributed by atoms with Crippen molar-refractivity contribution in [2.75, 3.05) is 0 Å². The molecule has 0 unspecified atom stereocenters. The summed E-state index contributed by atoms with van der Waals surface area (Å²) < 4.78 is 92.1. The number of aliphatic carboxylic acids is 1. The Labute approximate surface area is 182 Å². The van der Waals surface area contributed by atoms with Crippen molar-refractivity contribution in [1.29, 1.82) is 0 Å². The van der Waals surface area contributed by atoms with Crippen molar-refractivity contribution in [3.8, 4) is 5.88 Å². The highest BCUT2D eigenvalue weighted by atomic mass is 32.2. The van der Waals surface area contributed by atoms with Gasteiger partial charge in [0.25, 0.3) is 0 Å². The Balaban J connectivity index is 2.15. The molecule has 1 heterocycles. The van der Waals surface area contributed by atoms with Crippen LogP contribution in [0.2, 0.25) is 0 Å². The molecule has 3 rings (SSSR count). The number of alkyl halides is 3. The molecule has 0 saturated heterocycles. The average molecular weight is 493 g/mol. The fourth-order valence-electron chi connectivity index (χ4n) is 2.73. The van der Waals surface area contributed by atoms with E-state index in [-0.39, 0.29) is 9.88 Å². The number of aromatic nitrogens is 1. The molecule has 32 heavy (non-hydrogen) atoms. The predicted octanol–water partition coefficient (Wildman–Crippen LogP) is 4.46. The first-order valence-electron chi connectivity index (χ1n) is 8.60. The minimum atomic E-state index is -6.11. The molecule has 0 fully saturated rings. The maximum absolute atomic E-state index is 13.4. The molecular weight excluding hydrogens is 481 g/mol. The molecule has 0 aliphatic carbocycles. The summed E-state index contributed by atoms with van der Waals surface area (Å²) in [6.07, 6.45) is -0.861. The van der Waals surface area contributed by atoms with E-state index < -0.39 is 51.4 Å². The number of thiazole rings is 1. The Hall–Kier alpha value is -3.06. The molecule has 0 radical (unpaired) electrons. The van der Waals surface area contributed by atoms with Crippen LogP contribution in [0, 0.1) is 11.6 Å². The van der Waals surface area contributed by atoms with Gasteiger partial charge in [-0.15, -0.1) is 11.3 Å². The summed E-state index contributed by atoms with van der Waals surface area (Å²) in [4.78, 5) is 14.6. The molecule has 0 aliphatic heterocycles. The van der Waals surface area contributed by atoms with E-state index in [1.54, 1.807) is 0 Å². The summed E-state index contributed by atoms with van der Waals surface area (Å²) in [5.41, 5.74) is -4.98. The molecule has 2 aromatic carbocycles. The average Bonchev–Trinajstić information content (AvgIpc) is 3.04. The second-order valence-electron chi connectivity index (χ2n) is 6.37. The molecule has 170 valence electrons. The first kappa shape index (κ1) is 23.6. The van der Waals surface area contributed by atoms with Crippen molar-refractivity contribution >= 4 is 27.4 Å². The second-order valence-corrected chi connectivity index (χ2v) is 9.02. The van der Waals surface area contributed by atoms with Gasteiger partial charge in [-0.05, 0) is 35.4 Å². The van der Waals surface area contributed by atoms with Crippen LogP contribution in [0.3, 0.4) is 0 Å². The topological polar surface area (TPSA) is 93.6 Å². The van der Waals surface area contributed by atoms with E-state index >= 15 is 0 Å². The van der Waals surface area contributed by atoms with E-state index in [4.69, 9.17) is 5.11 Å². The van der Waals surface area contributed by atoms with Crippen molar-refractivity contribution in [1.82, 2.24) is 4.98 Å². The third-order valence-corrected chi connectivity index (χ3v) is 6.16. The zero-order valence-corrected chi connectivity index (χ0v) is 17.3. The Morgan fingerprint density at radius 3 is 1.88 bits per heavy atom. The molecule has 0 atom stereocenters. The molecule has 0 spiro atoms. The van der Waals surface area contributed by atoms with Crippen LogP contribution in [0.15, 0.2) is 48.5 Å². The Morgan fingerprint density at radius 2 is 1.47 bits per heavy atom. The number of carboxylic acids is 1. The lowest BCUT2D eigenvalue weighted by Crippen LogP contribution is -2.28. The largest absolute Gasteiger partial charge is 0.534 e. The highest BCUT2D eigenvalue weighted by Gasteiger charge is 2.49. The normalized spacial score (nSPS) is 12.2. The maximum atomic E-state index is 13.4. The fraction of sp³-hybridized carbons (Fsp3) is 0.158. The van der Waals surface area contributed by atoms with Gasteiger partial charge in [0.05, 0.1) is 17.2 Å². The van der Waals surface area contributed by atoms with Gasteiger partial charge >= 0.3 is 21.6 Å². The van der Waals surface area contributed by atoms with Crippen molar-refractivity contribution in [3.05, 3.63) is 81.2 Å². The number of nitrogens with zero attached hydrogens (tertiary/aromatic N) is 1. The predicted molar refractivity (Wildman–Crippen MR) is 103 cm³/mol. The van der Waals surface area contributed by atoms with Crippen LogP contribution in [0.5, 0.6) is 5.88 Å². The third kappa shape index (κ3) is 5.22. The van der Waals surface area contributed by atoms with Gasteiger partial charge < -0.3 is 9.29 Å². The lowest BCUT2D eigenvalue weighted by molar-refractivity contribution is -0.136. The third-order valence-electron chi connectivity index (χ3n) is 4.12. The van der Waals surface area contributed by atoms with Crippen LogP contribution >= 0.6 is 11.3 Å². The second kappa shape index (κ2) is 8.82. The standard InChI is InChI=1S/C19H12F5NO5S2/c20-12-5-1-10(2-6-12)16(11-3-7-13(21)8-4-11)18-25-17(14(31-18)9-15(26)27)30-32(28,29)19(22,23)24/h1-8,16H,9H2,(H,26,27). The molecule has 6 nitrogen and oxygen atoms in total. The lowest BCUT2D eigenvalue weighted by atomic mass is 9.92. The van der Waals surface area contributed by atoms with E-state index in [2.05, 4.69) is 9.17 Å². The monoisotopic (exact) mass is 493 g/mol. The molecule has 1 aromatic heterocycles. The first-order chi connectivity index (χ1) is 14.9. The molecule has 1 N–H and O–H groups in total. The Bertz CT molecular complexity index is 1180. The van der Waals surface area contributed by atoms with Crippen LogP contribution in [0.1, 0.15) is 26.9 Å². The summed E-state index contributed by atoms with van der Waals surface area (Å²) >= 11 is 0.609. The highest BCUT2D eigenvalue weighted by Crippen LogP contribution is 2.39. The van der Waals surface area contributed by atoms with Crippen molar-refractivity contribution < 1.29 is 44.5 Å². The molecule has 13 heteroatoms. The number of carboxylic acid groups (broad SMARTS) is 1. The molecule has 0 amide bonds. The minimum absolute atomic E-state index is 0.0353. The molecular formula is C19H12F5NO5S2. The van der Waals surface area contributed by atoms with Gasteiger partial charge in [-0.3, -0.25) is 4.79 Å². The highest BCUT2D eigenvalue weighted by molar-refractivity contribution is 7.88. The Kier molecular flexibility index (Phi) is 6.51. The van der Waals surface area contributed by atoms with E-state index in [0.29, 0.717) is 22.5 Å². The number of benzene rings is 2. The molecule has 0 aliphatic rings. The van der Waals surface area contributed by atoms with E-state index in [1.807, 2.05) is 0 Å². The molecule has 0 bridgehead atoms. The molecule has 0 saturated carbocycles. The van der Waals surface area contributed by atoms with Crippen LogP contribution in [0.4, 0.5) is 22.0 Å². The number of hydrogen-bond acceptors (Lipinski definition) is 6. The van der Waals surface area contributed by atoms with E-state index in [0.717, 1.165) is 24.3 Å². The van der Waals surface area contributed by atoms with Crippen LogP contribution < -0.4 is 4.18 Å². The van der Waals surface area contributed by atoms with Crippen LogP contribution in [-0.2, 0) is 21.3 Å². The quantitative estimate of drug-likeness (QED) is 0.297. The summed E-state index contributed by atoms with van der Waals surface area (Å²) in [6, 6.07) is 9.88. The summed E-state index contributed by atoms with van der Waals surface area (Å²) in [7, 11) is -6.11. The van der Waals surface area contributed by atoms with Gasteiger partial charge in [0, 0.05) is 0 Å². The van der Waals surface area contributed by atoms with E-state index in [1.165, 1.54) is 24.3 Å². The van der Waals surface area contributed by atoms with E-state index in [9.17, 15) is 35.2 Å². The minimum Gasteiger partial charge on any atom is -0.481 e. The van der Waals surface area contributed by atoms with Crippen molar-refractivity contribution in [2.24, 2.45) is 0 Å². The van der Waals surface area contributed by atoms with Crippen LogP contribution in [0.25, 0.3) is 0 Å². The fourth-order valence-corrected chi connectivity index (χ4v) is 4.37. The van der Waals surface area contributed by atoms with Crippen molar-refractivity contribution in [2.45, 2.75) is 17.8 Å². The summed E-state index contributed by atoms with van der Waals surface area (Å²) in [6.45, 7) is 0. The number of hydrogen-bond donors (Lipinski definition) is 1. The van der Waals surface area contributed by atoms with Crippen LogP contribution in [-0.4, -0.2) is 30.0 Å². The Morgan fingerprint density at radius 1 is 1.00 bits per heavy atom. The summed E-state index contributed by atoms with van der Waals surface area (Å²) in [5.74, 6) is -4.54. The lowest BCUT2D eigenvalue weighted by Gasteiger charge is -2.15. The smallest absolute Gasteiger partial charge is 0.481 e. The number of rotatable bonds is 7. The number of carbonyl (C=O) groups is 1. The maximum Gasteiger partial charge on any atom is 0.534 e. The van der Waals surface area contributed by atoms with Gasteiger partial charge in [-0.2, -0.15) is 21.6 Å². The van der Waals surface area contributed by atoms with Gasteiger partial charge in [-0.25, -0.2) is 13.8 Å². The van der Waals surface area contributed by atoms with Crippen molar-refractivity contribution in [3.63, 3.8) is 0 Å². The summed E-state index contributed by atoms with van der Waals surface area (Å²) in [5, 5.41) is 9.03. The SMILES string of the molecule is O=C(O)Cc1sc(C(c2ccc(F)cc2)c2ccc(F)cc2)nc1OS(=O)(=O)C(F)(F)F. The number of halogens is 5. The zero-order valence-electron chi connectivity index (χ0n) is 15.6. The zero-order chi connectivity index (χ0) is 23.7. The van der Waals surface area contributed by atoms with Gasteiger partial charge in [0.1, 0.15) is 16.6 Å². The van der Waals surface area contributed by atoms with Gasteiger partial charge in [0.2, 0.25) is 5.88 Å². The van der Waals surface area contributed by atoms with Gasteiger partial charge in [-0.1, -0.05) is 24.3 Å². The molecule has 3 aromatic rings. The first-order valence-corrected chi connectivity index (χ1v) is 10.8.